The molecule has 116 valence electrons. The average Bonchev–Trinajstić information content (AvgIpc) is 2.47. The van der Waals surface area contributed by atoms with Crippen LogP contribution in [-0.4, -0.2) is 5.91 Å². The summed E-state index contributed by atoms with van der Waals surface area (Å²) < 4.78 is 1.07. The Morgan fingerprint density at radius 2 is 1.77 bits per heavy atom. The van der Waals surface area contributed by atoms with E-state index in [1.165, 1.54) is 5.56 Å². The van der Waals surface area contributed by atoms with Crippen molar-refractivity contribution in [2.75, 3.05) is 0 Å². The lowest BCUT2D eigenvalue weighted by Gasteiger charge is -2.15. The zero-order valence-electron chi connectivity index (χ0n) is 13.3. The van der Waals surface area contributed by atoms with E-state index in [0.29, 0.717) is 11.5 Å². The molecule has 1 amide bonds. The highest BCUT2D eigenvalue weighted by atomic mass is 127. The van der Waals surface area contributed by atoms with Gasteiger partial charge in [0.2, 0.25) is 0 Å². The summed E-state index contributed by atoms with van der Waals surface area (Å²) in [7, 11) is 0. The second-order valence-corrected chi connectivity index (χ2v) is 7.29. The molecule has 1 atom stereocenters. The molecular weight excluding hydrogens is 385 g/mol. The summed E-state index contributed by atoms with van der Waals surface area (Å²) in [5.74, 6) is 0.626. The molecule has 22 heavy (non-hydrogen) atoms. The van der Waals surface area contributed by atoms with E-state index in [1.807, 2.05) is 31.2 Å². The summed E-state index contributed by atoms with van der Waals surface area (Å²) >= 11 is 2.22. The van der Waals surface area contributed by atoms with E-state index in [9.17, 15) is 4.79 Å². The molecule has 3 heteroatoms. The molecule has 0 aliphatic rings. The first kappa shape index (κ1) is 17.0. The molecular formula is C19H22INO. The molecule has 0 aromatic heterocycles. The van der Waals surface area contributed by atoms with E-state index in [1.54, 1.807) is 0 Å². The van der Waals surface area contributed by atoms with E-state index >= 15 is 0 Å². The molecule has 0 unspecified atom stereocenters. The highest BCUT2D eigenvalue weighted by molar-refractivity contribution is 14.1. The van der Waals surface area contributed by atoms with Gasteiger partial charge >= 0.3 is 0 Å². The topological polar surface area (TPSA) is 29.1 Å². The number of rotatable bonds is 5. The lowest BCUT2D eigenvalue weighted by atomic mass is 10.00. The second-order valence-electron chi connectivity index (χ2n) is 6.05. The van der Waals surface area contributed by atoms with Gasteiger partial charge in [-0.25, -0.2) is 0 Å². The molecule has 0 aliphatic carbocycles. The molecule has 0 saturated heterocycles. The third kappa shape index (κ3) is 4.83. The van der Waals surface area contributed by atoms with Crippen LogP contribution in [0.5, 0.6) is 0 Å². The van der Waals surface area contributed by atoms with Crippen molar-refractivity contribution >= 4 is 28.5 Å². The molecule has 0 bridgehead atoms. The van der Waals surface area contributed by atoms with Gasteiger partial charge in [-0.05, 0) is 71.2 Å². The zero-order chi connectivity index (χ0) is 16.1. The maximum Gasteiger partial charge on any atom is 0.251 e. The molecule has 2 aromatic rings. The molecule has 0 fully saturated rings. The molecule has 2 rings (SSSR count). The Kier molecular flexibility index (Phi) is 6.00. The third-order valence-electron chi connectivity index (χ3n) is 3.56. The van der Waals surface area contributed by atoms with Crippen LogP contribution in [0.1, 0.15) is 48.3 Å². The predicted octanol–water partition coefficient (Wildman–Crippen LogP) is 4.98. The lowest BCUT2D eigenvalue weighted by Crippen LogP contribution is -2.26. The number of nitrogens with one attached hydrogen (secondary N) is 1. The minimum Gasteiger partial charge on any atom is -0.346 e. The van der Waals surface area contributed by atoms with E-state index in [-0.39, 0.29) is 11.9 Å². The van der Waals surface area contributed by atoms with Crippen molar-refractivity contribution in [3.8, 4) is 0 Å². The van der Waals surface area contributed by atoms with Crippen molar-refractivity contribution in [3.05, 3.63) is 68.8 Å². The maximum atomic E-state index is 12.3. The zero-order valence-corrected chi connectivity index (χ0v) is 15.4. The van der Waals surface area contributed by atoms with Crippen LogP contribution in [0.2, 0.25) is 0 Å². The Hall–Kier alpha value is -1.36. The van der Waals surface area contributed by atoms with Gasteiger partial charge < -0.3 is 5.32 Å². The van der Waals surface area contributed by atoms with Gasteiger partial charge in [0, 0.05) is 9.13 Å². The van der Waals surface area contributed by atoms with E-state index < -0.39 is 0 Å². The van der Waals surface area contributed by atoms with Crippen LogP contribution < -0.4 is 5.32 Å². The molecule has 0 aliphatic heterocycles. The van der Waals surface area contributed by atoms with Gasteiger partial charge in [-0.3, -0.25) is 4.79 Å². The third-order valence-corrected chi connectivity index (χ3v) is 4.23. The fourth-order valence-electron chi connectivity index (χ4n) is 2.41. The average molecular weight is 407 g/mol. The second kappa shape index (κ2) is 7.77. The number of carbonyl (C=O) groups is 1. The summed E-state index contributed by atoms with van der Waals surface area (Å²) in [6.45, 7) is 6.46. The summed E-state index contributed by atoms with van der Waals surface area (Å²) in [6.07, 6.45) is 1.09. The van der Waals surface area contributed by atoms with Crippen molar-refractivity contribution in [3.63, 3.8) is 0 Å². The Labute approximate surface area is 146 Å². The van der Waals surface area contributed by atoms with Crippen molar-refractivity contribution in [2.24, 2.45) is 5.92 Å². The van der Waals surface area contributed by atoms with Gasteiger partial charge in [0.15, 0.2) is 0 Å². The lowest BCUT2D eigenvalue weighted by molar-refractivity contribution is 0.0940. The fourth-order valence-corrected chi connectivity index (χ4v) is 2.95. The number of benzene rings is 2. The minimum atomic E-state index is -0.0303. The van der Waals surface area contributed by atoms with Crippen LogP contribution in [0.3, 0.4) is 0 Å². The molecule has 0 heterocycles. The predicted molar refractivity (Wildman–Crippen MR) is 100 cm³/mol. The number of carbonyl (C=O) groups excluding carboxylic acids is 1. The molecule has 2 aromatic carbocycles. The van der Waals surface area contributed by atoms with Gasteiger partial charge in [0.05, 0.1) is 6.04 Å². The van der Waals surface area contributed by atoms with Crippen molar-refractivity contribution in [1.82, 2.24) is 5.32 Å². The summed E-state index contributed by atoms with van der Waals surface area (Å²) in [5.41, 5.74) is 3.18. The summed E-state index contributed by atoms with van der Waals surface area (Å²) in [5, 5.41) is 3.06. The summed E-state index contributed by atoms with van der Waals surface area (Å²) in [6, 6.07) is 16.2. The Bertz CT molecular complexity index is 634. The maximum absolute atomic E-state index is 12.3. The molecule has 2 nitrogen and oxygen atoms in total. The standard InChI is InChI=1S/C19H22INO/c1-13(2)11-15-7-9-16(10-8-15)14(3)21-19(22)17-5-4-6-18(20)12-17/h4-10,12-14H,11H2,1-3H3,(H,21,22)/t14-/m0/s1. The van der Waals surface area contributed by atoms with Crippen LogP contribution in [0.4, 0.5) is 0 Å². The fraction of sp³-hybridized carbons (Fsp3) is 0.316. The number of amides is 1. The van der Waals surface area contributed by atoms with Crippen LogP contribution in [0.25, 0.3) is 0 Å². The number of halogens is 1. The molecule has 1 N–H and O–H groups in total. The van der Waals surface area contributed by atoms with E-state index in [2.05, 4.69) is 66.0 Å². The van der Waals surface area contributed by atoms with Crippen LogP contribution >= 0.6 is 22.6 Å². The quantitative estimate of drug-likeness (QED) is 0.696. The largest absolute Gasteiger partial charge is 0.346 e. The smallest absolute Gasteiger partial charge is 0.251 e. The number of hydrogen-bond donors (Lipinski definition) is 1. The van der Waals surface area contributed by atoms with Crippen molar-refractivity contribution < 1.29 is 4.79 Å². The molecule has 0 radical (unpaired) electrons. The van der Waals surface area contributed by atoms with Gasteiger partial charge in [0.25, 0.3) is 5.91 Å². The molecule has 0 spiro atoms. The Morgan fingerprint density at radius 1 is 1.09 bits per heavy atom. The highest BCUT2D eigenvalue weighted by Crippen LogP contribution is 2.16. The first-order valence-corrected chi connectivity index (χ1v) is 8.69. The van der Waals surface area contributed by atoms with Gasteiger partial charge in [-0.15, -0.1) is 0 Å². The first-order chi connectivity index (χ1) is 10.5. The van der Waals surface area contributed by atoms with Gasteiger partial charge in [-0.2, -0.15) is 0 Å². The van der Waals surface area contributed by atoms with Crippen LogP contribution in [0, 0.1) is 9.49 Å². The van der Waals surface area contributed by atoms with E-state index in [0.717, 1.165) is 15.6 Å². The van der Waals surface area contributed by atoms with E-state index in [4.69, 9.17) is 0 Å². The highest BCUT2D eigenvalue weighted by Gasteiger charge is 2.11. The normalized spacial score (nSPS) is 12.2. The first-order valence-electron chi connectivity index (χ1n) is 7.61. The van der Waals surface area contributed by atoms with Crippen LogP contribution in [-0.2, 0) is 6.42 Å². The van der Waals surface area contributed by atoms with Gasteiger partial charge in [0.1, 0.15) is 0 Å². The van der Waals surface area contributed by atoms with Crippen molar-refractivity contribution in [1.29, 1.82) is 0 Å². The number of hydrogen-bond acceptors (Lipinski definition) is 1. The Morgan fingerprint density at radius 3 is 2.36 bits per heavy atom. The monoisotopic (exact) mass is 407 g/mol. The van der Waals surface area contributed by atoms with Crippen molar-refractivity contribution in [2.45, 2.75) is 33.2 Å². The van der Waals surface area contributed by atoms with Gasteiger partial charge in [-0.1, -0.05) is 44.2 Å². The molecule has 0 saturated carbocycles. The van der Waals surface area contributed by atoms with Crippen LogP contribution in [0.15, 0.2) is 48.5 Å². The summed E-state index contributed by atoms with van der Waals surface area (Å²) in [4.78, 5) is 12.3. The minimum absolute atomic E-state index is 0.00142. The Balaban J connectivity index is 2.02. The SMILES string of the molecule is CC(C)Cc1ccc([C@H](C)NC(=O)c2cccc(I)c2)cc1.